The van der Waals surface area contributed by atoms with E-state index < -0.39 is 0 Å². The van der Waals surface area contributed by atoms with E-state index in [1.807, 2.05) is 6.07 Å². The van der Waals surface area contributed by atoms with Crippen molar-refractivity contribution in [1.29, 1.82) is 5.26 Å². The van der Waals surface area contributed by atoms with E-state index in [4.69, 9.17) is 5.26 Å². The highest BCUT2D eigenvalue weighted by Gasteiger charge is 2.08. The Morgan fingerprint density at radius 3 is 2.50 bits per heavy atom. The number of halogens is 1. The molecule has 0 aliphatic rings. The number of hydrogen-bond donors (Lipinski definition) is 0. The van der Waals surface area contributed by atoms with E-state index >= 15 is 0 Å². The van der Waals surface area contributed by atoms with Gasteiger partial charge in [-0.05, 0) is 31.2 Å². The van der Waals surface area contributed by atoms with E-state index in [1.165, 1.54) is 12.1 Å². The third-order valence-electron chi connectivity index (χ3n) is 2.50. The molecular weight excluding hydrogens is 231 g/mol. The molecule has 0 atom stereocenters. The van der Waals surface area contributed by atoms with E-state index in [2.05, 4.69) is 9.97 Å². The second-order valence-electron chi connectivity index (χ2n) is 3.81. The molecule has 0 saturated carbocycles. The number of aromatic nitrogens is 2. The average Bonchev–Trinajstić information content (AvgIpc) is 2.38. The fraction of sp³-hybridized carbons (Fsp3) is 0.154. The lowest BCUT2D eigenvalue weighted by atomic mass is 10.3. The van der Waals surface area contributed by atoms with Crippen LogP contribution >= 0.6 is 0 Å². The molecule has 1 aromatic heterocycles. The molecule has 0 aliphatic heterocycles. The summed E-state index contributed by atoms with van der Waals surface area (Å²) in [7, 11) is 1.80. The summed E-state index contributed by atoms with van der Waals surface area (Å²) in [6, 6.07) is 9.64. The zero-order chi connectivity index (χ0) is 13.1. The van der Waals surface area contributed by atoms with Gasteiger partial charge in [-0.25, -0.2) is 14.4 Å². The van der Waals surface area contributed by atoms with Gasteiger partial charge >= 0.3 is 0 Å². The molecule has 1 heterocycles. The molecule has 0 unspecified atom stereocenters. The first-order valence-corrected chi connectivity index (χ1v) is 5.35. The SMILES string of the molecule is Cc1nc(C#N)cc(N(C)c2ccc(F)cc2)n1. The Hall–Kier alpha value is -2.48. The van der Waals surface area contributed by atoms with Crippen molar-refractivity contribution in [3.8, 4) is 6.07 Å². The molecule has 4 nitrogen and oxygen atoms in total. The van der Waals surface area contributed by atoms with Crippen LogP contribution in [0.25, 0.3) is 0 Å². The average molecular weight is 242 g/mol. The lowest BCUT2D eigenvalue weighted by Gasteiger charge is -2.18. The van der Waals surface area contributed by atoms with E-state index in [-0.39, 0.29) is 5.82 Å². The number of benzene rings is 1. The first kappa shape index (κ1) is 12.0. The Labute approximate surface area is 104 Å². The number of nitrogens with zero attached hydrogens (tertiary/aromatic N) is 4. The molecule has 2 rings (SSSR count). The van der Waals surface area contributed by atoms with Crippen LogP contribution in [0, 0.1) is 24.1 Å². The second kappa shape index (κ2) is 4.80. The van der Waals surface area contributed by atoms with Crippen molar-refractivity contribution >= 4 is 11.5 Å². The Kier molecular flexibility index (Phi) is 3.20. The molecule has 0 radical (unpaired) electrons. The van der Waals surface area contributed by atoms with Gasteiger partial charge in [-0.15, -0.1) is 0 Å². The van der Waals surface area contributed by atoms with Gasteiger partial charge in [-0.1, -0.05) is 0 Å². The predicted octanol–water partition coefficient (Wildman–Crippen LogP) is 2.56. The minimum atomic E-state index is -0.288. The van der Waals surface area contributed by atoms with Crippen LogP contribution in [0.4, 0.5) is 15.9 Å². The van der Waals surface area contributed by atoms with E-state index in [1.54, 1.807) is 37.1 Å². The van der Waals surface area contributed by atoms with Crippen molar-refractivity contribution < 1.29 is 4.39 Å². The number of nitriles is 1. The second-order valence-corrected chi connectivity index (χ2v) is 3.81. The summed E-state index contributed by atoms with van der Waals surface area (Å²) in [5.74, 6) is 0.840. The Balaban J connectivity index is 2.39. The highest BCUT2D eigenvalue weighted by molar-refractivity contribution is 5.59. The lowest BCUT2D eigenvalue weighted by molar-refractivity contribution is 0.628. The molecule has 0 N–H and O–H groups in total. The maximum absolute atomic E-state index is 12.8. The van der Waals surface area contributed by atoms with E-state index in [0.29, 0.717) is 17.3 Å². The quantitative estimate of drug-likeness (QED) is 0.812. The third-order valence-corrected chi connectivity index (χ3v) is 2.50. The molecule has 0 aliphatic carbocycles. The zero-order valence-corrected chi connectivity index (χ0v) is 10.1. The molecule has 0 amide bonds. The number of aryl methyl sites for hydroxylation is 1. The summed E-state index contributed by atoms with van der Waals surface area (Å²) in [4.78, 5) is 10.0. The highest BCUT2D eigenvalue weighted by atomic mass is 19.1. The number of hydrogen-bond acceptors (Lipinski definition) is 4. The predicted molar refractivity (Wildman–Crippen MR) is 65.9 cm³/mol. The van der Waals surface area contributed by atoms with Crippen LogP contribution in [0.1, 0.15) is 11.5 Å². The Morgan fingerprint density at radius 1 is 1.22 bits per heavy atom. The monoisotopic (exact) mass is 242 g/mol. The summed E-state index contributed by atoms with van der Waals surface area (Å²) in [5, 5.41) is 8.87. The number of rotatable bonds is 2. The van der Waals surface area contributed by atoms with E-state index in [0.717, 1.165) is 5.69 Å². The van der Waals surface area contributed by atoms with Crippen LogP contribution in [0.3, 0.4) is 0 Å². The molecule has 0 fully saturated rings. The van der Waals surface area contributed by atoms with Crippen molar-refractivity contribution in [2.24, 2.45) is 0 Å². The van der Waals surface area contributed by atoms with Crippen molar-refractivity contribution in [3.05, 3.63) is 47.7 Å². The molecule has 1 aromatic carbocycles. The smallest absolute Gasteiger partial charge is 0.146 e. The fourth-order valence-corrected chi connectivity index (χ4v) is 1.58. The maximum atomic E-state index is 12.8. The van der Waals surface area contributed by atoms with Gasteiger partial charge in [0.05, 0.1) is 0 Å². The largest absolute Gasteiger partial charge is 0.329 e. The minimum Gasteiger partial charge on any atom is -0.329 e. The standard InChI is InChI=1S/C13H11FN4/c1-9-16-11(8-15)7-13(17-9)18(2)12-5-3-10(14)4-6-12/h3-7H,1-2H3. The molecular formula is C13H11FN4. The summed E-state index contributed by atoms with van der Waals surface area (Å²) in [6.45, 7) is 1.73. The van der Waals surface area contributed by atoms with Crippen LogP contribution in [0.5, 0.6) is 0 Å². The number of anilines is 2. The van der Waals surface area contributed by atoms with Crippen molar-refractivity contribution in [1.82, 2.24) is 9.97 Å². The van der Waals surface area contributed by atoms with Gasteiger partial charge in [0.2, 0.25) is 0 Å². The normalized spacial score (nSPS) is 9.89. The first-order chi connectivity index (χ1) is 8.60. The Bertz CT molecular complexity index is 601. The fourth-order valence-electron chi connectivity index (χ4n) is 1.58. The van der Waals surface area contributed by atoms with Crippen molar-refractivity contribution in [3.63, 3.8) is 0 Å². The van der Waals surface area contributed by atoms with Gasteiger partial charge in [-0.2, -0.15) is 5.26 Å². The van der Waals surface area contributed by atoms with Gasteiger partial charge in [0.1, 0.15) is 29.2 Å². The summed E-state index contributed by atoms with van der Waals surface area (Å²) in [6.07, 6.45) is 0. The molecule has 18 heavy (non-hydrogen) atoms. The van der Waals surface area contributed by atoms with Crippen LogP contribution in [-0.2, 0) is 0 Å². The zero-order valence-electron chi connectivity index (χ0n) is 10.1. The molecule has 0 spiro atoms. The summed E-state index contributed by atoms with van der Waals surface area (Å²) in [5.41, 5.74) is 1.10. The summed E-state index contributed by atoms with van der Waals surface area (Å²) < 4.78 is 12.8. The van der Waals surface area contributed by atoms with Crippen LogP contribution < -0.4 is 4.90 Å². The minimum absolute atomic E-state index is 0.288. The van der Waals surface area contributed by atoms with Gasteiger partial charge in [0.15, 0.2) is 0 Å². The highest BCUT2D eigenvalue weighted by Crippen LogP contribution is 2.22. The third kappa shape index (κ3) is 2.43. The molecule has 0 bridgehead atoms. The van der Waals surface area contributed by atoms with Gasteiger partial charge in [0.25, 0.3) is 0 Å². The van der Waals surface area contributed by atoms with Crippen molar-refractivity contribution in [2.75, 3.05) is 11.9 Å². The summed E-state index contributed by atoms with van der Waals surface area (Å²) >= 11 is 0. The van der Waals surface area contributed by atoms with Gasteiger partial charge in [0, 0.05) is 18.8 Å². The Morgan fingerprint density at radius 2 is 1.89 bits per heavy atom. The van der Waals surface area contributed by atoms with Crippen LogP contribution in [0.2, 0.25) is 0 Å². The first-order valence-electron chi connectivity index (χ1n) is 5.35. The van der Waals surface area contributed by atoms with Crippen LogP contribution in [0.15, 0.2) is 30.3 Å². The maximum Gasteiger partial charge on any atom is 0.146 e. The van der Waals surface area contributed by atoms with Gasteiger partial charge < -0.3 is 4.90 Å². The van der Waals surface area contributed by atoms with Crippen molar-refractivity contribution in [2.45, 2.75) is 6.92 Å². The molecule has 2 aromatic rings. The van der Waals surface area contributed by atoms with Gasteiger partial charge in [-0.3, -0.25) is 0 Å². The molecule has 5 heteroatoms. The molecule has 90 valence electrons. The lowest BCUT2D eigenvalue weighted by Crippen LogP contribution is -2.12. The molecule has 0 saturated heterocycles. The van der Waals surface area contributed by atoms with E-state index in [9.17, 15) is 4.39 Å². The van der Waals surface area contributed by atoms with Crippen LogP contribution in [-0.4, -0.2) is 17.0 Å². The topological polar surface area (TPSA) is 52.8 Å².